The van der Waals surface area contributed by atoms with Crippen molar-refractivity contribution in [2.75, 3.05) is 5.32 Å². The Morgan fingerprint density at radius 2 is 2.06 bits per heavy atom. The standard InChI is InChI=1S/C11H8ClN3O/c12-9-3-1-2-4-10(9)14-11-7-8(15-16)5-6-13-11/h1-7H,(H,13,14). The molecule has 2 aromatic rings. The second-order valence-corrected chi connectivity index (χ2v) is 3.50. The first-order valence-electron chi connectivity index (χ1n) is 4.60. The average Bonchev–Trinajstić information content (AvgIpc) is 2.32. The first-order valence-corrected chi connectivity index (χ1v) is 4.98. The van der Waals surface area contributed by atoms with Crippen molar-refractivity contribution in [3.05, 3.63) is 52.5 Å². The fraction of sp³-hybridized carbons (Fsp3) is 0. The number of aromatic nitrogens is 1. The largest absolute Gasteiger partial charge is 0.339 e. The van der Waals surface area contributed by atoms with E-state index in [-0.39, 0.29) is 0 Å². The van der Waals surface area contributed by atoms with Gasteiger partial charge >= 0.3 is 0 Å². The van der Waals surface area contributed by atoms with Gasteiger partial charge in [-0.05, 0) is 23.4 Å². The Morgan fingerprint density at radius 3 is 2.81 bits per heavy atom. The summed E-state index contributed by atoms with van der Waals surface area (Å²) in [6, 6.07) is 10.4. The molecule has 0 amide bonds. The van der Waals surface area contributed by atoms with Gasteiger partial charge in [-0.15, -0.1) is 4.91 Å². The second-order valence-electron chi connectivity index (χ2n) is 3.10. The fourth-order valence-electron chi connectivity index (χ4n) is 1.25. The Kier molecular flexibility index (Phi) is 3.12. The molecule has 2 rings (SSSR count). The number of hydrogen-bond acceptors (Lipinski definition) is 4. The van der Waals surface area contributed by atoms with Gasteiger partial charge in [-0.2, -0.15) is 0 Å². The van der Waals surface area contributed by atoms with Crippen LogP contribution in [0.2, 0.25) is 5.02 Å². The Bertz CT molecular complexity index is 516. The third-order valence-electron chi connectivity index (χ3n) is 1.99. The van der Waals surface area contributed by atoms with E-state index in [1.165, 1.54) is 12.3 Å². The Balaban J connectivity index is 2.27. The van der Waals surface area contributed by atoms with Gasteiger partial charge in [0.2, 0.25) is 0 Å². The zero-order valence-corrected chi connectivity index (χ0v) is 8.98. The summed E-state index contributed by atoms with van der Waals surface area (Å²) in [5.74, 6) is 0.533. The van der Waals surface area contributed by atoms with Crippen molar-refractivity contribution < 1.29 is 0 Å². The minimum absolute atomic E-state index is 0.324. The number of pyridine rings is 1. The maximum atomic E-state index is 10.3. The van der Waals surface area contributed by atoms with Gasteiger partial charge in [-0.1, -0.05) is 23.7 Å². The van der Waals surface area contributed by atoms with Crippen LogP contribution in [-0.4, -0.2) is 4.98 Å². The molecule has 1 aromatic heterocycles. The lowest BCUT2D eigenvalue weighted by Gasteiger charge is -2.06. The molecule has 1 aromatic carbocycles. The molecule has 0 saturated carbocycles. The summed E-state index contributed by atoms with van der Waals surface area (Å²) < 4.78 is 0. The smallest absolute Gasteiger partial charge is 0.132 e. The van der Waals surface area contributed by atoms with E-state index in [4.69, 9.17) is 11.6 Å². The van der Waals surface area contributed by atoms with E-state index in [2.05, 4.69) is 15.5 Å². The maximum absolute atomic E-state index is 10.3. The van der Waals surface area contributed by atoms with E-state index in [9.17, 15) is 4.91 Å². The number of nitrogens with one attached hydrogen (secondary N) is 1. The van der Waals surface area contributed by atoms with Crippen LogP contribution in [0.15, 0.2) is 47.8 Å². The van der Waals surface area contributed by atoms with Gasteiger partial charge in [-0.25, -0.2) is 4.98 Å². The van der Waals surface area contributed by atoms with Gasteiger partial charge in [0.1, 0.15) is 11.5 Å². The molecule has 0 radical (unpaired) electrons. The van der Waals surface area contributed by atoms with Crippen molar-refractivity contribution in [3.8, 4) is 0 Å². The average molecular weight is 234 g/mol. The minimum atomic E-state index is 0.324. The molecule has 5 heteroatoms. The lowest BCUT2D eigenvalue weighted by atomic mass is 10.3. The van der Waals surface area contributed by atoms with Crippen molar-refractivity contribution in [1.29, 1.82) is 0 Å². The molecule has 1 heterocycles. The summed E-state index contributed by atoms with van der Waals surface area (Å²) in [5, 5.41) is 6.43. The molecule has 0 spiro atoms. The predicted octanol–water partition coefficient (Wildman–Crippen LogP) is 3.88. The van der Waals surface area contributed by atoms with Crippen molar-refractivity contribution in [1.82, 2.24) is 4.98 Å². The molecule has 0 saturated heterocycles. The molecule has 1 N–H and O–H groups in total. The third-order valence-corrected chi connectivity index (χ3v) is 2.32. The number of benzene rings is 1. The van der Waals surface area contributed by atoms with Crippen molar-refractivity contribution in [2.45, 2.75) is 0 Å². The number of nitroso groups, excluding NO2 is 1. The molecular weight excluding hydrogens is 226 g/mol. The van der Waals surface area contributed by atoms with Crippen LogP contribution in [0, 0.1) is 4.91 Å². The zero-order chi connectivity index (χ0) is 11.4. The molecule has 0 aliphatic heterocycles. The third kappa shape index (κ3) is 2.35. The summed E-state index contributed by atoms with van der Waals surface area (Å²) in [6.45, 7) is 0. The molecule has 80 valence electrons. The molecule has 0 unspecified atom stereocenters. The van der Waals surface area contributed by atoms with Crippen molar-refractivity contribution in [2.24, 2.45) is 5.18 Å². The lowest BCUT2D eigenvalue weighted by Crippen LogP contribution is -1.93. The number of nitrogens with zero attached hydrogens (tertiary/aromatic N) is 2. The normalized spacial score (nSPS) is 9.81. The maximum Gasteiger partial charge on any atom is 0.132 e. The van der Waals surface area contributed by atoms with E-state index in [0.29, 0.717) is 16.5 Å². The summed E-state index contributed by atoms with van der Waals surface area (Å²) in [7, 11) is 0. The number of hydrogen-bond donors (Lipinski definition) is 1. The topological polar surface area (TPSA) is 54.4 Å². The van der Waals surface area contributed by atoms with Gasteiger partial charge in [-0.3, -0.25) is 0 Å². The van der Waals surface area contributed by atoms with Crippen LogP contribution in [0.3, 0.4) is 0 Å². The van der Waals surface area contributed by atoms with Crippen LogP contribution in [-0.2, 0) is 0 Å². The Labute approximate surface area is 97.3 Å². The van der Waals surface area contributed by atoms with Gasteiger partial charge < -0.3 is 5.32 Å². The Morgan fingerprint density at radius 1 is 1.25 bits per heavy atom. The van der Waals surface area contributed by atoms with Crippen LogP contribution in [0.5, 0.6) is 0 Å². The summed E-state index contributed by atoms with van der Waals surface area (Å²) in [4.78, 5) is 14.4. The Hall–Kier alpha value is -1.94. The van der Waals surface area contributed by atoms with Crippen LogP contribution >= 0.6 is 11.6 Å². The molecule has 0 fully saturated rings. The van der Waals surface area contributed by atoms with Gasteiger partial charge in [0, 0.05) is 12.3 Å². The highest BCUT2D eigenvalue weighted by Gasteiger charge is 2.01. The quantitative estimate of drug-likeness (QED) is 0.819. The first-order chi connectivity index (χ1) is 7.79. The first kappa shape index (κ1) is 10.6. The van der Waals surface area contributed by atoms with Crippen LogP contribution in [0.1, 0.15) is 0 Å². The minimum Gasteiger partial charge on any atom is -0.339 e. The van der Waals surface area contributed by atoms with Crippen molar-refractivity contribution in [3.63, 3.8) is 0 Å². The van der Waals surface area contributed by atoms with Crippen LogP contribution < -0.4 is 5.32 Å². The van der Waals surface area contributed by atoms with E-state index in [1.807, 2.05) is 18.2 Å². The number of anilines is 2. The number of halogens is 1. The molecule has 0 bridgehead atoms. The van der Waals surface area contributed by atoms with Crippen molar-refractivity contribution >= 4 is 28.8 Å². The summed E-state index contributed by atoms with van der Waals surface area (Å²) in [6.07, 6.45) is 1.51. The molecule has 0 aliphatic rings. The van der Waals surface area contributed by atoms with E-state index in [0.717, 1.165) is 5.69 Å². The lowest BCUT2D eigenvalue weighted by molar-refractivity contribution is 1.29. The monoisotopic (exact) mass is 233 g/mol. The molecule has 4 nitrogen and oxygen atoms in total. The number of rotatable bonds is 3. The van der Waals surface area contributed by atoms with E-state index in [1.54, 1.807) is 12.1 Å². The zero-order valence-electron chi connectivity index (χ0n) is 8.22. The highest BCUT2D eigenvalue weighted by molar-refractivity contribution is 6.33. The highest BCUT2D eigenvalue weighted by Crippen LogP contribution is 2.25. The van der Waals surface area contributed by atoms with Crippen LogP contribution in [0.25, 0.3) is 0 Å². The van der Waals surface area contributed by atoms with Gasteiger partial charge in [0.25, 0.3) is 0 Å². The van der Waals surface area contributed by atoms with E-state index >= 15 is 0 Å². The molecule has 16 heavy (non-hydrogen) atoms. The summed E-state index contributed by atoms with van der Waals surface area (Å²) >= 11 is 5.97. The van der Waals surface area contributed by atoms with E-state index < -0.39 is 0 Å². The van der Waals surface area contributed by atoms with Gasteiger partial charge in [0.15, 0.2) is 0 Å². The molecule has 0 atom stereocenters. The highest BCUT2D eigenvalue weighted by atomic mass is 35.5. The molecular formula is C11H8ClN3O. The molecule has 0 aliphatic carbocycles. The predicted molar refractivity (Wildman–Crippen MR) is 64.4 cm³/mol. The second kappa shape index (κ2) is 4.72. The van der Waals surface area contributed by atoms with Crippen LogP contribution in [0.4, 0.5) is 17.2 Å². The fourth-order valence-corrected chi connectivity index (χ4v) is 1.43. The van der Waals surface area contributed by atoms with Gasteiger partial charge in [0.05, 0.1) is 10.7 Å². The SMILES string of the molecule is O=Nc1ccnc(Nc2ccccc2Cl)c1. The number of para-hydroxylation sites is 1. The summed E-state index contributed by atoms with van der Waals surface area (Å²) in [5.41, 5.74) is 1.06.